The standard InChI is InChI=1S/C28H34N2O5/c1-28(2,3)17-30(15-25(31)32)26(33)24(14-18-12-13-18)29-27(34)35-16-23-21-10-6-4-8-19(21)20-9-5-7-11-22(20)23/h4-11,18,23-24H,12-17H2,1-3H3,(H,29,34)(H,31,32). The highest BCUT2D eigenvalue weighted by Crippen LogP contribution is 2.44. The molecule has 0 aromatic heterocycles. The summed E-state index contributed by atoms with van der Waals surface area (Å²) in [5, 5.41) is 12.1. The van der Waals surface area contributed by atoms with E-state index in [2.05, 4.69) is 29.6 Å². The first kappa shape index (κ1) is 24.8. The Kier molecular flexibility index (Phi) is 7.15. The summed E-state index contributed by atoms with van der Waals surface area (Å²) in [5.41, 5.74) is 4.24. The number of aliphatic carboxylic acids is 1. The van der Waals surface area contributed by atoms with Gasteiger partial charge < -0.3 is 20.1 Å². The second-order valence-corrected chi connectivity index (χ2v) is 10.9. The van der Waals surface area contributed by atoms with Crippen molar-refractivity contribution in [3.05, 3.63) is 59.7 Å². The predicted molar refractivity (Wildman–Crippen MR) is 133 cm³/mol. The Morgan fingerprint density at radius 1 is 1.03 bits per heavy atom. The van der Waals surface area contributed by atoms with Crippen molar-refractivity contribution in [2.24, 2.45) is 11.3 Å². The second kappa shape index (κ2) is 10.1. The summed E-state index contributed by atoms with van der Waals surface area (Å²) in [6.07, 6.45) is 1.85. The minimum absolute atomic E-state index is 0.0740. The molecule has 2 aromatic carbocycles. The van der Waals surface area contributed by atoms with Gasteiger partial charge in [-0.15, -0.1) is 0 Å². The van der Waals surface area contributed by atoms with E-state index in [1.165, 1.54) is 4.90 Å². The number of amides is 2. The number of nitrogens with one attached hydrogen (secondary N) is 1. The molecule has 2 aliphatic carbocycles. The van der Waals surface area contributed by atoms with Crippen LogP contribution < -0.4 is 5.32 Å². The molecule has 7 heteroatoms. The van der Waals surface area contributed by atoms with Gasteiger partial charge in [-0.3, -0.25) is 9.59 Å². The molecule has 0 bridgehead atoms. The Bertz CT molecular complexity index is 1060. The Morgan fingerprint density at radius 3 is 2.11 bits per heavy atom. The molecule has 1 saturated carbocycles. The summed E-state index contributed by atoms with van der Waals surface area (Å²) in [6.45, 7) is 5.89. The zero-order valence-electron chi connectivity index (χ0n) is 20.6. The number of carbonyl (C=O) groups is 3. The molecule has 7 nitrogen and oxygen atoms in total. The highest BCUT2D eigenvalue weighted by atomic mass is 16.5. The maximum atomic E-state index is 13.3. The third-order valence-electron chi connectivity index (χ3n) is 6.50. The monoisotopic (exact) mass is 478 g/mol. The summed E-state index contributed by atoms with van der Waals surface area (Å²) in [7, 11) is 0. The van der Waals surface area contributed by atoms with E-state index < -0.39 is 24.6 Å². The van der Waals surface area contributed by atoms with Crippen molar-refractivity contribution in [2.45, 2.75) is 52.0 Å². The number of rotatable bonds is 9. The van der Waals surface area contributed by atoms with E-state index in [1.54, 1.807) is 0 Å². The fourth-order valence-electron chi connectivity index (χ4n) is 4.86. The Hall–Kier alpha value is -3.35. The van der Waals surface area contributed by atoms with Crippen molar-refractivity contribution in [3.8, 4) is 11.1 Å². The van der Waals surface area contributed by atoms with Gasteiger partial charge in [0.2, 0.25) is 5.91 Å². The molecule has 0 radical (unpaired) electrons. The van der Waals surface area contributed by atoms with Crippen molar-refractivity contribution in [2.75, 3.05) is 19.7 Å². The summed E-state index contributed by atoms with van der Waals surface area (Å²) >= 11 is 0. The number of carboxylic acids is 1. The molecular weight excluding hydrogens is 444 g/mol. The molecular formula is C28H34N2O5. The average Bonchev–Trinajstić information content (AvgIpc) is 3.55. The normalized spacial score (nSPS) is 15.6. The smallest absolute Gasteiger partial charge is 0.407 e. The van der Waals surface area contributed by atoms with Crippen LogP contribution in [0.3, 0.4) is 0 Å². The number of fused-ring (bicyclic) bond motifs is 3. The molecule has 0 heterocycles. The number of nitrogens with zero attached hydrogens (tertiary/aromatic N) is 1. The molecule has 2 aliphatic rings. The van der Waals surface area contributed by atoms with Crippen LogP contribution in [0, 0.1) is 11.3 Å². The van der Waals surface area contributed by atoms with E-state index in [9.17, 15) is 19.5 Å². The number of benzene rings is 2. The lowest BCUT2D eigenvalue weighted by Gasteiger charge is -2.32. The number of hydrogen-bond acceptors (Lipinski definition) is 4. The zero-order chi connectivity index (χ0) is 25.2. The third kappa shape index (κ3) is 6.21. The lowest BCUT2D eigenvalue weighted by atomic mass is 9.95. The topological polar surface area (TPSA) is 95.9 Å². The minimum Gasteiger partial charge on any atom is -0.480 e. The van der Waals surface area contributed by atoms with Gasteiger partial charge in [-0.1, -0.05) is 82.1 Å². The Morgan fingerprint density at radius 2 is 1.60 bits per heavy atom. The Balaban J connectivity index is 1.44. The molecule has 35 heavy (non-hydrogen) atoms. The highest BCUT2D eigenvalue weighted by molar-refractivity contribution is 5.88. The van der Waals surface area contributed by atoms with Gasteiger partial charge in [0.25, 0.3) is 0 Å². The number of carboxylic acid groups (broad SMARTS) is 1. The molecule has 2 aromatic rings. The van der Waals surface area contributed by atoms with Crippen molar-refractivity contribution in [1.82, 2.24) is 10.2 Å². The van der Waals surface area contributed by atoms with Crippen molar-refractivity contribution >= 4 is 18.0 Å². The van der Waals surface area contributed by atoms with Crippen LogP contribution in [0.4, 0.5) is 4.79 Å². The van der Waals surface area contributed by atoms with Gasteiger partial charge >= 0.3 is 12.1 Å². The van der Waals surface area contributed by atoms with Crippen LogP contribution in [0.25, 0.3) is 11.1 Å². The first-order valence-electron chi connectivity index (χ1n) is 12.2. The number of carbonyl (C=O) groups excluding carboxylic acids is 2. The van der Waals surface area contributed by atoms with Crippen LogP contribution in [0.2, 0.25) is 0 Å². The van der Waals surface area contributed by atoms with E-state index in [1.807, 2.05) is 45.0 Å². The molecule has 2 amide bonds. The van der Waals surface area contributed by atoms with Crippen molar-refractivity contribution in [3.63, 3.8) is 0 Å². The van der Waals surface area contributed by atoms with Crippen LogP contribution in [0.1, 0.15) is 57.1 Å². The third-order valence-corrected chi connectivity index (χ3v) is 6.50. The van der Waals surface area contributed by atoms with Gasteiger partial charge in [0.05, 0.1) is 0 Å². The van der Waals surface area contributed by atoms with Gasteiger partial charge in [-0.25, -0.2) is 4.79 Å². The quantitative estimate of drug-likeness (QED) is 0.547. The van der Waals surface area contributed by atoms with E-state index in [0.29, 0.717) is 12.3 Å². The number of hydrogen-bond donors (Lipinski definition) is 2. The van der Waals surface area contributed by atoms with Crippen LogP contribution in [-0.2, 0) is 14.3 Å². The molecule has 4 rings (SSSR count). The molecule has 1 fully saturated rings. The highest BCUT2D eigenvalue weighted by Gasteiger charge is 2.35. The molecule has 186 valence electrons. The lowest BCUT2D eigenvalue weighted by Crippen LogP contribution is -2.52. The van der Waals surface area contributed by atoms with Crippen LogP contribution in [0.15, 0.2) is 48.5 Å². The van der Waals surface area contributed by atoms with Crippen LogP contribution in [-0.4, -0.2) is 53.7 Å². The molecule has 0 saturated heterocycles. The van der Waals surface area contributed by atoms with E-state index in [4.69, 9.17) is 4.74 Å². The minimum atomic E-state index is -1.08. The summed E-state index contributed by atoms with van der Waals surface area (Å²) in [6, 6.07) is 15.4. The van der Waals surface area contributed by atoms with E-state index >= 15 is 0 Å². The second-order valence-electron chi connectivity index (χ2n) is 10.9. The fourth-order valence-corrected chi connectivity index (χ4v) is 4.86. The summed E-state index contributed by atoms with van der Waals surface area (Å²) < 4.78 is 5.65. The SMILES string of the molecule is CC(C)(C)CN(CC(=O)O)C(=O)C(CC1CC1)NC(=O)OCC1c2ccccc2-c2ccccc21. The number of alkyl carbamates (subject to hydrolysis) is 1. The fraction of sp³-hybridized carbons (Fsp3) is 0.464. The van der Waals surface area contributed by atoms with Gasteiger partial charge in [-0.2, -0.15) is 0 Å². The van der Waals surface area contributed by atoms with Crippen LogP contribution >= 0.6 is 0 Å². The maximum Gasteiger partial charge on any atom is 0.407 e. The van der Waals surface area contributed by atoms with E-state index in [0.717, 1.165) is 35.1 Å². The molecule has 0 aliphatic heterocycles. The predicted octanol–water partition coefficient (Wildman–Crippen LogP) is 4.65. The molecule has 1 atom stereocenters. The first-order valence-corrected chi connectivity index (χ1v) is 12.2. The summed E-state index contributed by atoms with van der Waals surface area (Å²) in [4.78, 5) is 38.9. The largest absolute Gasteiger partial charge is 0.480 e. The van der Waals surface area contributed by atoms with Crippen molar-refractivity contribution < 1.29 is 24.2 Å². The van der Waals surface area contributed by atoms with E-state index in [-0.39, 0.29) is 30.4 Å². The van der Waals surface area contributed by atoms with Gasteiger partial charge in [0, 0.05) is 12.5 Å². The first-order chi connectivity index (χ1) is 16.6. The maximum absolute atomic E-state index is 13.3. The average molecular weight is 479 g/mol. The summed E-state index contributed by atoms with van der Waals surface area (Å²) in [5.74, 6) is -1.16. The molecule has 2 N–H and O–H groups in total. The number of ether oxygens (including phenoxy) is 1. The lowest BCUT2D eigenvalue weighted by molar-refractivity contribution is -0.146. The van der Waals surface area contributed by atoms with Crippen molar-refractivity contribution in [1.29, 1.82) is 0 Å². The van der Waals surface area contributed by atoms with Gasteiger partial charge in [0.15, 0.2) is 0 Å². The van der Waals surface area contributed by atoms with Gasteiger partial charge in [-0.05, 0) is 40.0 Å². The van der Waals surface area contributed by atoms with Crippen LogP contribution in [0.5, 0.6) is 0 Å². The molecule has 0 spiro atoms. The molecule has 1 unspecified atom stereocenters. The Labute approximate surface area is 206 Å². The van der Waals surface area contributed by atoms with Gasteiger partial charge in [0.1, 0.15) is 19.2 Å². The zero-order valence-corrected chi connectivity index (χ0v) is 20.6.